The van der Waals surface area contributed by atoms with Crippen LogP contribution in [0.4, 0.5) is 11.4 Å². The van der Waals surface area contributed by atoms with Crippen molar-refractivity contribution in [3.05, 3.63) is 33.8 Å². The van der Waals surface area contributed by atoms with E-state index in [1.54, 1.807) is 39.0 Å². The van der Waals surface area contributed by atoms with Crippen LogP contribution in [0.3, 0.4) is 0 Å². The van der Waals surface area contributed by atoms with E-state index in [0.29, 0.717) is 27.0 Å². The molecule has 0 aliphatic carbocycles. The zero-order chi connectivity index (χ0) is 16.3. The van der Waals surface area contributed by atoms with E-state index in [1.165, 1.54) is 0 Å². The first kappa shape index (κ1) is 16.4. The molecule has 6 nitrogen and oxygen atoms in total. The lowest BCUT2D eigenvalue weighted by Gasteiger charge is -2.11. The van der Waals surface area contributed by atoms with Gasteiger partial charge in [0.05, 0.1) is 16.4 Å². The molecule has 1 aromatic heterocycles. The Kier molecular flexibility index (Phi) is 5.10. The monoisotopic (exact) mass is 338 g/mol. The van der Waals surface area contributed by atoms with Gasteiger partial charge in [0, 0.05) is 11.6 Å². The summed E-state index contributed by atoms with van der Waals surface area (Å²) in [6.45, 7) is 5.31. The van der Waals surface area contributed by atoms with Gasteiger partial charge in [-0.05, 0) is 36.7 Å². The molecule has 0 aliphatic rings. The Hall–Kier alpha value is -1.99. The molecule has 0 saturated carbocycles. The van der Waals surface area contributed by atoms with Crippen molar-refractivity contribution in [3.63, 3.8) is 0 Å². The number of aryl methyl sites for hydroxylation is 1. The quantitative estimate of drug-likeness (QED) is 0.895. The molecular weight excluding hydrogens is 324 g/mol. The molecule has 0 spiro atoms. The second kappa shape index (κ2) is 6.85. The Bertz CT molecular complexity index is 715. The fraction of sp³-hybridized carbons (Fsp3) is 0.286. The van der Waals surface area contributed by atoms with Crippen molar-refractivity contribution in [3.8, 4) is 0 Å². The van der Waals surface area contributed by atoms with Crippen LogP contribution < -0.4 is 10.6 Å². The molecule has 0 saturated heterocycles. The van der Waals surface area contributed by atoms with Gasteiger partial charge in [0.2, 0.25) is 5.91 Å². The van der Waals surface area contributed by atoms with Crippen LogP contribution in [0.25, 0.3) is 0 Å². The number of benzene rings is 1. The first-order valence-electron chi connectivity index (χ1n) is 6.59. The smallest absolute Gasteiger partial charge is 0.269 e. The van der Waals surface area contributed by atoms with Crippen molar-refractivity contribution < 1.29 is 9.59 Å². The molecule has 2 rings (SSSR count). The molecule has 0 atom stereocenters. The number of carbonyl (C=O) groups excluding carboxylic acids is 2. The Labute approximate surface area is 137 Å². The first-order valence-corrected chi connectivity index (χ1v) is 7.74. The molecule has 0 radical (unpaired) electrons. The number of nitrogens with one attached hydrogen (secondary N) is 2. The van der Waals surface area contributed by atoms with Gasteiger partial charge in [0.1, 0.15) is 4.88 Å². The summed E-state index contributed by atoms with van der Waals surface area (Å²) in [6, 6.07) is 4.90. The number of amides is 2. The summed E-state index contributed by atoms with van der Waals surface area (Å²) in [5, 5.41) is 9.60. The largest absolute Gasteiger partial charge is 0.325 e. The number of aromatic nitrogens is 2. The second-order valence-corrected chi connectivity index (χ2v) is 6.14. The zero-order valence-corrected chi connectivity index (χ0v) is 13.9. The third kappa shape index (κ3) is 3.80. The predicted octanol–water partition coefficient (Wildman–Crippen LogP) is 3.35. The molecule has 0 unspecified atom stereocenters. The summed E-state index contributed by atoms with van der Waals surface area (Å²) in [4.78, 5) is 24.2. The maximum atomic E-state index is 12.1. The average Bonchev–Trinajstić information content (AvgIpc) is 2.87. The van der Waals surface area contributed by atoms with Gasteiger partial charge < -0.3 is 10.6 Å². The fourth-order valence-corrected chi connectivity index (χ4v) is 2.38. The van der Waals surface area contributed by atoms with Crippen LogP contribution in [0.15, 0.2) is 18.2 Å². The van der Waals surface area contributed by atoms with Crippen LogP contribution in [-0.2, 0) is 4.79 Å². The maximum Gasteiger partial charge on any atom is 0.269 e. The average molecular weight is 339 g/mol. The van der Waals surface area contributed by atoms with E-state index in [0.717, 1.165) is 11.5 Å². The molecule has 1 heterocycles. The molecule has 8 heteroatoms. The van der Waals surface area contributed by atoms with Gasteiger partial charge in [0.15, 0.2) is 0 Å². The third-order valence-corrected chi connectivity index (χ3v) is 4.01. The van der Waals surface area contributed by atoms with Gasteiger partial charge in [-0.1, -0.05) is 29.9 Å². The Morgan fingerprint density at radius 3 is 2.55 bits per heavy atom. The topological polar surface area (TPSA) is 84.0 Å². The van der Waals surface area contributed by atoms with Gasteiger partial charge in [0.25, 0.3) is 5.91 Å². The van der Waals surface area contributed by atoms with Gasteiger partial charge in [-0.15, -0.1) is 5.10 Å². The highest BCUT2D eigenvalue weighted by Gasteiger charge is 2.14. The number of anilines is 2. The van der Waals surface area contributed by atoms with Crippen LogP contribution >= 0.6 is 23.1 Å². The van der Waals surface area contributed by atoms with Crippen LogP contribution in [0.1, 0.15) is 29.2 Å². The van der Waals surface area contributed by atoms with E-state index in [1.807, 2.05) is 0 Å². The minimum Gasteiger partial charge on any atom is -0.325 e. The number of halogens is 1. The minimum absolute atomic E-state index is 0.120. The van der Waals surface area contributed by atoms with Crippen LogP contribution in [0.5, 0.6) is 0 Å². The van der Waals surface area contributed by atoms with Crippen LogP contribution in [0, 0.1) is 12.8 Å². The van der Waals surface area contributed by atoms with E-state index in [9.17, 15) is 9.59 Å². The molecule has 0 aliphatic heterocycles. The van der Waals surface area contributed by atoms with E-state index in [4.69, 9.17) is 11.6 Å². The van der Waals surface area contributed by atoms with E-state index < -0.39 is 0 Å². The highest BCUT2D eigenvalue weighted by Crippen LogP contribution is 2.26. The Morgan fingerprint density at radius 1 is 1.27 bits per heavy atom. The highest BCUT2D eigenvalue weighted by atomic mass is 35.5. The fourth-order valence-electron chi connectivity index (χ4n) is 1.60. The molecular formula is C14H15ClN4O2S. The SMILES string of the molecule is Cc1nnsc1C(=O)Nc1ccc(NC(=O)C(C)C)c(Cl)c1. The normalized spacial score (nSPS) is 10.6. The number of rotatable bonds is 4. The molecule has 0 bridgehead atoms. The minimum atomic E-state index is -0.289. The molecule has 22 heavy (non-hydrogen) atoms. The van der Waals surface area contributed by atoms with Crippen LogP contribution in [-0.4, -0.2) is 21.4 Å². The van der Waals surface area contributed by atoms with Crippen LogP contribution in [0.2, 0.25) is 5.02 Å². The Balaban J connectivity index is 2.11. The van der Waals surface area contributed by atoms with Crippen molar-refractivity contribution in [2.45, 2.75) is 20.8 Å². The van der Waals surface area contributed by atoms with Gasteiger partial charge in [-0.2, -0.15) is 0 Å². The van der Waals surface area contributed by atoms with E-state index in [2.05, 4.69) is 20.2 Å². The molecule has 116 valence electrons. The lowest BCUT2D eigenvalue weighted by Crippen LogP contribution is -2.18. The second-order valence-electron chi connectivity index (χ2n) is 4.98. The van der Waals surface area contributed by atoms with Crippen molar-refractivity contribution >= 4 is 46.3 Å². The van der Waals surface area contributed by atoms with Crippen molar-refractivity contribution in [1.82, 2.24) is 9.59 Å². The van der Waals surface area contributed by atoms with Gasteiger partial charge in [-0.25, -0.2) is 0 Å². The maximum absolute atomic E-state index is 12.1. The summed E-state index contributed by atoms with van der Waals surface area (Å²) < 4.78 is 3.72. The third-order valence-electron chi connectivity index (χ3n) is 2.87. The summed E-state index contributed by atoms with van der Waals surface area (Å²) >= 11 is 7.16. The lowest BCUT2D eigenvalue weighted by atomic mass is 10.2. The van der Waals surface area contributed by atoms with Crippen molar-refractivity contribution in [1.29, 1.82) is 0 Å². The van der Waals surface area contributed by atoms with Gasteiger partial charge >= 0.3 is 0 Å². The first-order chi connectivity index (χ1) is 10.4. The standard InChI is InChI=1S/C14H15ClN4O2S/c1-7(2)13(20)17-11-5-4-9(6-10(11)15)16-14(21)12-8(3)18-19-22-12/h4-7H,1-3H3,(H,16,21)(H,17,20). The summed E-state index contributed by atoms with van der Waals surface area (Å²) in [7, 11) is 0. The van der Waals surface area contributed by atoms with Gasteiger partial charge in [-0.3, -0.25) is 9.59 Å². The predicted molar refractivity (Wildman–Crippen MR) is 87.5 cm³/mol. The molecule has 1 aromatic carbocycles. The number of hydrogen-bond acceptors (Lipinski definition) is 5. The lowest BCUT2D eigenvalue weighted by molar-refractivity contribution is -0.118. The molecule has 2 amide bonds. The molecule has 2 aromatic rings. The number of nitrogens with zero attached hydrogens (tertiary/aromatic N) is 2. The van der Waals surface area contributed by atoms with E-state index >= 15 is 0 Å². The zero-order valence-electron chi connectivity index (χ0n) is 12.3. The van der Waals surface area contributed by atoms with Crippen molar-refractivity contribution in [2.24, 2.45) is 5.92 Å². The molecule has 0 fully saturated rings. The molecule has 2 N–H and O–H groups in total. The summed E-state index contributed by atoms with van der Waals surface area (Å²) in [6.07, 6.45) is 0. The summed E-state index contributed by atoms with van der Waals surface area (Å²) in [5.74, 6) is -0.551. The highest BCUT2D eigenvalue weighted by molar-refractivity contribution is 7.08. The summed E-state index contributed by atoms with van der Waals surface area (Å²) in [5.41, 5.74) is 1.62. The Morgan fingerprint density at radius 2 is 2.00 bits per heavy atom. The number of carbonyl (C=O) groups is 2. The van der Waals surface area contributed by atoms with Crippen molar-refractivity contribution in [2.75, 3.05) is 10.6 Å². The number of hydrogen-bond donors (Lipinski definition) is 2. The van der Waals surface area contributed by atoms with E-state index in [-0.39, 0.29) is 17.7 Å².